The number of anilines is 5. The van der Waals surface area contributed by atoms with Crippen LogP contribution in [0, 0.1) is 20.8 Å². The summed E-state index contributed by atoms with van der Waals surface area (Å²) in [6, 6.07) is 30.9. The Balaban J connectivity index is 1.66. The molecule has 4 aromatic rings. The molecule has 32 heavy (non-hydrogen) atoms. The summed E-state index contributed by atoms with van der Waals surface area (Å²) in [6.07, 6.45) is 2.26. The molecule has 0 unspecified atom stereocenters. The standard InChI is InChI=1S/C29H25BN2/c1-20-18-27-29-28(19-20)32(25-14-8-5-11-22(25)3)26-15-9-6-12-23(26)30(29)16-17-31(27)24-13-7-4-10-21(24)2/h4-19H,1-3H3. The molecule has 2 aliphatic heterocycles. The molecule has 0 N–H and O–H groups in total. The summed E-state index contributed by atoms with van der Waals surface area (Å²) in [6.45, 7) is 6.84. The molecular weight excluding hydrogens is 387 g/mol. The lowest BCUT2D eigenvalue weighted by Crippen LogP contribution is -2.52. The van der Waals surface area contributed by atoms with E-state index in [-0.39, 0.29) is 6.71 Å². The van der Waals surface area contributed by atoms with Crippen LogP contribution < -0.4 is 20.7 Å². The fraction of sp³-hybridized carbons (Fsp3) is 0.103. The summed E-state index contributed by atoms with van der Waals surface area (Å²) in [5, 5.41) is 0. The molecule has 2 heterocycles. The first-order valence-corrected chi connectivity index (χ1v) is 11.3. The van der Waals surface area contributed by atoms with E-state index >= 15 is 0 Å². The summed E-state index contributed by atoms with van der Waals surface area (Å²) < 4.78 is 0. The van der Waals surface area contributed by atoms with Gasteiger partial charge in [0.1, 0.15) is 0 Å². The number of aryl methyl sites for hydroxylation is 3. The van der Waals surface area contributed by atoms with E-state index in [2.05, 4.69) is 128 Å². The van der Waals surface area contributed by atoms with Crippen molar-refractivity contribution in [3.63, 3.8) is 0 Å². The molecule has 0 aromatic heterocycles. The summed E-state index contributed by atoms with van der Waals surface area (Å²) in [5.74, 6) is 2.36. The molecular formula is C29H25BN2. The van der Waals surface area contributed by atoms with E-state index in [9.17, 15) is 0 Å². The Hall–Kier alpha value is -3.72. The molecule has 0 aliphatic carbocycles. The Morgan fingerprint density at radius 1 is 0.594 bits per heavy atom. The molecule has 3 heteroatoms. The van der Waals surface area contributed by atoms with Gasteiger partial charge in [0.2, 0.25) is 6.71 Å². The van der Waals surface area contributed by atoms with Crippen LogP contribution in [0.2, 0.25) is 0 Å². The highest BCUT2D eigenvalue weighted by Crippen LogP contribution is 2.42. The molecule has 6 rings (SSSR count). The lowest BCUT2D eigenvalue weighted by Gasteiger charge is -2.41. The van der Waals surface area contributed by atoms with Crippen LogP contribution in [0.5, 0.6) is 0 Å². The van der Waals surface area contributed by atoms with Crippen LogP contribution in [0.25, 0.3) is 0 Å². The molecule has 2 nitrogen and oxygen atoms in total. The zero-order chi connectivity index (χ0) is 21.8. The van der Waals surface area contributed by atoms with Crippen molar-refractivity contribution in [3.05, 3.63) is 114 Å². The van der Waals surface area contributed by atoms with E-state index in [0.29, 0.717) is 0 Å². The first-order chi connectivity index (χ1) is 15.6. The van der Waals surface area contributed by atoms with Gasteiger partial charge in [-0.3, -0.25) is 0 Å². The summed E-state index contributed by atoms with van der Waals surface area (Å²) in [7, 11) is 0. The average molecular weight is 412 g/mol. The number of hydrogen-bond donors (Lipinski definition) is 0. The highest BCUT2D eigenvalue weighted by atomic mass is 15.2. The highest BCUT2D eigenvalue weighted by Gasteiger charge is 2.38. The van der Waals surface area contributed by atoms with Crippen molar-refractivity contribution < 1.29 is 0 Å². The summed E-state index contributed by atoms with van der Waals surface area (Å²) in [5.41, 5.74) is 12.8. The number of rotatable bonds is 2. The Morgan fingerprint density at radius 2 is 1.19 bits per heavy atom. The van der Waals surface area contributed by atoms with Crippen molar-refractivity contribution in [2.75, 3.05) is 9.80 Å². The summed E-state index contributed by atoms with van der Waals surface area (Å²) >= 11 is 0. The zero-order valence-corrected chi connectivity index (χ0v) is 18.7. The van der Waals surface area contributed by atoms with Crippen molar-refractivity contribution in [1.29, 1.82) is 0 Å². The Morgan fingerprint density at radius 3 is 1.91 bits per heavy atom. The SMILES string of the molecule is Cc1cc2c3c(c1)N(c1ccccc1C)c1ccccc1B3C=CN2c1ccccc1C. The van der Waals surface area contributed by atoms with Gasteiger partial charge in [0.05, 0.1) is 0 Å². The Kier molecular flexibility index (Phi) is 4.26. The van der Waals surface area contributed by atoms with Gasteiger partial charge in [0, 0.05) is 28.4 Å². The molecule has 0 bridgehead atoms. The van der Waals surface area contributed by atoms with Gasteiger partial charge in [0.15, 0.2) is 0 Å². The van der Waals surface area contributed by atoms with Gasteiger partial charge < -0.3 is 9.80 Å². The van der Waals surface area contributed by atoms with Crippen LogP contribution in [0.3, 0.4) is 0 Å². The van der Waals surface area contributed by atoms with Crippen molar-refractivity contribution in [3.8, 4) is 0 Å². The third-order valence-electron chi connectivity index (χ3n) is 6.76. The molecule has 154 valence electrons. The topological polar surface area (TPSA) is 6.48 Å². The van der Waals surface area contributed by atoms with Crippen LogP contribution in [0.4, 0.5) is 28.4 Å². The minimum absolute atomic E-state index is 0.248. The maximum atomic E-state index is 2.46. The second kappa shape index (κ2) is 7.17. The van der Waals surface area contributed by atoms with Crippen molar-refractivity contribution in [2.24, 2.45) is 0 Å². The van der Waals surface area contributed by atoms with Gasteiger partial charge in [-0.25, -0.2) is 0 Å². The van der Waals surface area contributed by atoms with E-state index in [0.717, 1.165) is 0 Å². The van der Waals surface area contributed by atoms with Crippen LogP contribution in [0.15, 0.2) is 97.1 Å². The minimum atomic E-state index is 0.248. The molecule has 0 radical (unpaired) electrons. The fourth-order valence-electron chi connectivity index (χ4n) is 5.27. The number of fused-ring (bicyclic) bond motifs is 2. The molecule has 0 saturated carbocycles. The van der Waals surface area contributed by atoms with Gasteiger partial charge >= 0.3 is 0 Å². The monoisotopic (exact) mass is 412 g/mol. The van der Waals surface area contributed by atoms with E-state index in [1.165, 1.54) is 56.1 Å². The number of hydrogen-bond acceptors (Lipinski definition) is 2. The van der Waals surface area contributed by atoms with Crippen molar-refractivity contribution in [2.45, 2.75) is 20.8 Å². The molecule has 0 amide bonds. The molecule has 4 aromatic carbocycles. The van der Waals surface area contributed by atoms with Crippen molar-refractivity contribution in [1.82, 2.24) is 0 Å². The number of benzene rings is 4. The zero-order valence-electron chi connectivity index (χ0n) is 18.7. The quantitative estimate of drug-likeness (QED) is 0.361. The largest absolute Gasteiger partial charge is 0.318 e. The third kappa shape index (κ3) is 2.74. The Bertz CT molecular complexity index is 1390. The maximum Gasteiger partial charge on any atom is 0.243 e. The average Bonchev–Trinajstić information content (AvgIpc) is 2.80. The van der Waals surface area contributed by atoms with E-state index in [1.807, 2.05) is 0 Å². The minimum Gasteiger partial charge on any atom is -0.318 e. The molecule has 0 atom stereocenters. The second-order valence-corrected chi connectivity index (χ2v) is 8.87. The maximum absolute atomic E-state index is 2.46. The first-order valence-electron chi connectivity index (χ1n) is 11.3. The van der Waals surface area contributed by atoms with Gasteiger partial charge in [-0.2, -0.15) is 0 Å². The van der Waals surface area contributed by atoms with Crippen LogP contribution in [0.1, 0.15) is 16.7 Å². The fourth-order valence-corrected chi connectivity index (χ4v) is 5.27. The normalized spacial score (nSPS) is 13.8. The Labute approximate surface area is 190 Å². The smallest absolute Gasteiger partial charge is 0.243 e. The second-order valence-electron chi connectivity index (χ2n) is 8.87. The van der Waals surface area contributed by atoms with E-state index in [4.69, 9.17) is 0 Å². The lowest BCUT2D eigenvalue weighted by atomic mass is 9.37. The van der Waals surface area contributed by atoms with Crippen LogP contribution in [-0.2, 0) is 0 Å². The van der Waals surface area contributed by atoms with Crippen LogP contribution >= 0.6 is 0 Å². The van der Waals surface area contributed by atoms with E-state index in [1.54, 1.807) is 0 Å². The molecule has 0 saturated heterocycles. The molecule has 2 aliphatic rings. The van der Waals surface area contributed by atoms with Gasteiger partial charge in [-0.1, -0.05) is 60.6 Å². The predicted molar refractivity (Wildman–Crippen MR) is 138 cm³/mol. The van der Waals surface area contributed by atoms with Gasteiger partial charge in [-0.05, 0) is 84.9 Å². The molecule has 0 fully saturated rings. The third-order valence-corrected chi connectivity index (χ3v) is 6.76. The van der Waals surface area contributed by atoms with Crippen molar-refractivity contribution >= 4 is 46.1 Å². The highest BCUT2D eigenvalue weighted by molar-refractivity contribution is 6.93. The predicted octanol–water partition coefficient (Wildman–Crippen LogP) is 6.21. The molecule has 0 spiro atoms. The van der Waals surface area contributed by atoms with Crippen LogP contribution in [-0.4, -0.2) is 6.71 Å². The number of para-hydroxylation sites is 3. The summed E-state index contributed by atoms with van der Waals surface area (Å²) in [4.78, 5) is 4.82. The van der Waals surface area contributed by atoms with E-state index < -0.39 is 0 Å². The first kappa shape index (κ1) is 19.0. The van der Waals surface area contributed by atoms with Gasteiger partial charge in [0.25, 0.3) is 0 Å². The van der Waals surface area contributed by atoms with Gasteiger partial charge in [-0.15, -0.1) is 0 Å². The lowest BCUT2D eigenvalue weighted by molar-refractivity contribution is 1.21. The number of nitrogens with zero attached hydrogens (tertiary/aromatic N) is 2.